The number of nitrogens with zero attached hydrogens (tertiary/aromatic N) is 2. The number of amides is 1. The van der Waals surface area contributed by atoms with Crippen LogP contribution in [0, 0.1) is 0 Å². The van der Waals surface area contributed by atoms with Gasteiger partial charge in [-0.2, -0.15) is 0 Å². The molecule has 78 valence electrons. The fraction of sp³-hybridized carbons (Fsp3) is 0.556. The van der Waals surface area contributed by atoms with Gasteiger partial charge in [-0.05, 0) is 6.42 Å². The Morgan fingerprint density at radius 3 is 3.00 bits per heavy atom. The Bertz CT molecular complexity index is 312. The first kappa shape index (κ1) is 11.0. The van der Waals surface area contributed by atoms with E-state index >= 15 is 0 Å². The lowest BCUT2D eigenvalue weighted by atomic mass is 10.2. The van der Waals surface area contributed by atoms with Crippen molar-refractivity contribution in [3.05, 3.63) is 17.5 Å². The van der Waals surface area contributed by atoms with Crippen molar-refractivity contribution in [2.75, 3.05) is 12.9 Å². The summed E-state index contributed by atoms with van der Waals surface area (Å²) in [4.78, 5) is 12.7. The molecule has 0 aliphatic heterocycles. The van der Waals surface area contributed by atoms with Crippen LogP contribution in [0.5, 0.6) is 0 Å². The molecule has 0 spiro atoms. The molecule has 1 aromatic rings. The molecule has 0 aliphatic rings. The number of carbonyl (C=O) groups excluding carboxylic acids is 1. The van der Waals surface area contributed by atoms with Crippen LogP contribution in [-0.2, 0) is 17.8 Å². The van der Waals surface area contributed by atoms with Crippen LogP contribution < -0.4 is 0 Å². The highest BCUT2D eigenvalue weighted by Crippen LogP contribution is 2.10. The molecule has 5 heteroatoms. The maximum atomic E-state index is 11.2. The molecular weight excluding hydrogens is 204 g/mol. The molecule has 1 amide bonds. The van der Waals surface area contributed by atoms with Crippen molar-refractivity contribution >= 4 is 17.5 Å². The van der Waals surface area contributed by atoms with Crippen molar-refractivity contribution < 1.29 is 9.32 Å². The van der Waals surface area contributed by atoms with E-state index in [1.807, 2.05) is 6.92 Å². The minimum absolute atomic E-state index is 0.00321. The topological polar surface area (TPSA) is 46.3 Å². The number of aryl methyl sites for hydroxylation is 1. The molecule has 0 bridgehead atoms. The lowest BCUT2D eigenvalue weighted by Gasteiger charge is -2.14. The van der Waals surface area contributed by atoms with E-state index in [1.54, 1.807) is 18.2 Å². The molecule has 0 saturated carbocycles. The lowest BCUT2D eigenvalue weighted by Crippen LogP contribution is -2.27. The van der Waals surface area contributed by atoms with Crippen molar-refractivity contribution in [1.29, 1.82) is 0 Å². The summed E-state index contributed by atoms with van der Waals surface area (Å²) in [6.07, 6.45) is 2.37. The Morgan fingerprint density at radius 1 is 1.71 bits per heavy atom. The highest BCUT2D eigenvalue weighted by Gasteiger charge is 2.12. The van der Waals surface area contributed by atoms with Gasteiger partial charge in [0, 0.05) is 12.6 Å². The lowest BCUT2D eigenvalue weighted by molar-refractivity contribution is -0.127. The smallest absolute Gasteiger partial charge is 0.237 e. The van der Waals surface area contributed by atoms with Gasteiger partial charge in [0.05, 0.1) is 12.2 Å². The van der Waals surface area contributed by atoms with E-state index in [0.717, 1.165) is 17.7 Å². The van der Waals surface area contributed by atoms with Crippen LogP contribution in [0.4, 0.5) is 0 Å². The van der Waals surface area contributed by atoms with Crippen molar-refractivity contribution in [2.45, 2.75) is 19.9 Å². The monoisotopic (exact) mass is 216 g/mol. The van der Waals surface area contributed by atoms with Crippen LogP contribution in [0.3, 0.4) is 0 Å². The molecule has 4 nitrogen and oxygen atoms in total. The van der Waals surface area contributed by atoms with Gasteiger partial charge in [0.25, 0.3) is 0 Å². The van der Waals surface area contributed by atoms with Crippen LogP contribution in [0.2, 0.25) is 0 Å². The second-order valence-corrected chi connectivity index (χ2v) is 3.29. The van der Waals surface area contributed by atoms with E-state index in [1.165, 1.54) is 0 Å². The Hall–Kier alpha value is -1.03. The second-order valence-electron chi connectivity index (χ2n) is 3.02. The highest BCUT2D eigenvalue weighted by atomic mass is 35.5. The third-order valence-corrected chi connectivity index (χ3v) is 2.24. The molecule has 0 saturated heterocycles. The molecule has 0 atom stereocenters. The Labute approximate surface area is 87.8 Å². The number of carbonyl (C=O) groups is 1. The largest absolute Gasteiger partial charge is 0.364 e. The third kappa shape index (κ3) is 2.48. The average Bonchev–Trinajstić information content (AvgIpc) is 2.63. The summed E-state index contributed by atoms with van der Waals surface area (Å²) in [6.45, 7) is 2.49. The second kappa shape index (κ2) is 5.00. The predicted octanol–water partition coefficient (Wildman–Crippen LogP) is 1.43. The van der Waals surface area contributed by atoms with E-state index < -0.39 is 0 Å². The van der Waals surface area contributed by atoms with Crippen molar-refractivity contribution in [1.82, 2.24) is 10.1 Å². The summed E-state index contributed by atoms with van der Waals surface area (Å²) in [5.74, 6) is -0.0987. The Kier molecular flexibility index (Phi) is 3.95. The van der Waals surface area contributed by atoms with Gasteiger partial charge in [0.15, 0.2) is 0 Å². The van der Waals surface area contributed by atoms with Gasteiger partial charge in [0.2, 0.25) is 5.91 Å². The molecule has 1 aromatic heterocycles. The summed E-state index contributed by atoms with van der Waals surface area (Å²) in [5, 5.41) is 3.83. The van der Waals surface area contributed by atoms with E-state index in [0.29, 0.717) is 6.54 Å². The van der Waals surface area contributed by atoms with Crippen LogP contribution in [0.1, 0.15) is 18.2 Å². The zero-order valence-corrected chi connectivity index (χ0v) is 9.04. The number of hydrogen-bond acceptors (Lipinski definition) is 3. The molecule has 14 heavy (non-hydrogen) atoms. The maximum absolute atomic E-state index is 11.2. The van der Waals surface area contributed by atoms with Crippen LogP contribution in [-0.4, -0.2) is 28.9 Å². The number of aromatic nitrogens is 1. The van der Waals surface area contributed by atoms with Crippen LogP contribution in [0.25, 0.3) is 0 Å². The summed E-state index contributed by atoms with van der Waals surface area (Å²) in [6, 6.07) is 0. The third-order valence-electron chi connectivity index (χ3n) is 2.01. The van der Waals surface area contributed by atoms with Crippen molar-refractivity contribution in [2.24, 2.45) is 0 Å². The van der Waals surface area contributed by atoms with Gasteiger partial charge in [-0.3, -0.25) is 4.79 Å². The van der Waals surface area contributed by atoms with Crippen LogP contribution in [0.15, 0.2) is 10.8 Å². The number of hydrogen-bond donors (Lipinski definition) is 0. The average molecular weight is 217 g/mol. The summed E-state index contributed by atoms with van der Waals surface area (Å²) < 4.78 is 4.83. The molecule has 0 aromatic carbocycles. The Balaban J connectivity index is 2.64. The molecule has 0 fully saturated rings. The number of alkyl halides is 1. The molecule has 1 rings (SSSR count). The van der Waals surface area contributed by atoms with Gasteiger partial charge in [0.1, 0.15) is 12.1 Å². The van der Waals surface area contributed by atoms with Crippen molar-refractivity contribution in [3.63, 3.8) is 0 Å². The minimum atomic E-state index is -0.102. The van der Waals surface area contributed by atoms with Gasteiger partial charge < -0.3 is 9.42 Å². The van der Waals surface area contributed by atoms with Gasteiger partial charge in [-0.1, -0.05) is 12.1 Å². The molecule has 0 aliphatic carbocycles. The SMILES string of the molecule is CCc1nocc1CN(C)C(=O)CCl. The zero-order chi connectivity index (χ0) is 10.6. The molecule has 0 radical (unpaired) electrons. The first-order valence-electron chi connectivity index (χ1n) is 4.41. The van der Waals surface area contributed by atoms with E-state index in [4.69, 9.17) is 16.1 Å². The molecular formula is C9H13ClN2O2. The Morgan fingerprint density at radius 2 is 2.43 bits per heavy atom. The minimum Gasteiger partial charge on any atom is -0.364 e. The fourth-order valence-electron chi connectivity index (χ4n) is 1.15. The van der Waals surface area contributed by atoms with Gasteiger partial charge >= 0.3 is 0 Å². The van der Waals surface area contributed by atoms with Crippen molar-refractivity contribution in [3.8, 4) is 0 Å². The van der Waals surface area contributed by atoms with Gasteiger partial charge in [-0.15, -0.1) is 11.6 Å². The van der Waals surface area contributed by atoms with E-state index in [2.05, 4.69) is 5.16 Å². The predicted molar refractivity (Wildman–Crippen MR) is 53.1 cm³/mol. The summed E-state index contributed by atoms with van der Waals surface area (Å²) in [7, 11) is 1.71. The van der Waals surface area contributed by atoms with Gasteiger partial charge in [-0.25, -0.2) is 0 Å². The van der Waals surface area contributed by atoms with E-state index in [-0.39, 0.29) is 11.8 Å². The molecule has 1 heterocycles. The first-order chi connectivity index (χ1) is 6.69. The normalized spacial score (nSPS) is 10.2. The summed E-state index contributed by atoms with van der Waals surface area (Å²) in [5.41, 5.74) is 1.83. The standard InChI is InChI=1S/C9H13ClN2O2/c1-3-8-7(6-14-11-8)5-12(2)9(13)4-10/h6H,3-5H2,1-2H3. The fourth-order valence-corrected chi connectivity index (χ4v) is 1.35. The quantitative estimate of drug-likeness (QED) is 0.716. The molecule has 0 unspecified atom stereocenters. The highest BCUT2D eigenvalue weighted by molar-refractivity contribution is 6.27. The molecule has 0 N–H and O–H groups in total. The first-order valence-corrected chi connectivity index (χ1v) is 4.94. The van der Waals surface area contributed by atoms with Crippen LogP contribution >= 0.6 is 11.6 Å². The number of rotatable bonds is 4. The zero-order valence-electron chi connectivity index (χ0n) is 8.29. The maximum Gasteiger partial charge on any atom is 0.237 e. The number of halogens is 1. The van der Waals surface area contributed by atoms with E-state index in [9.17, 15) is 4.79 Å². The summed E-state index contributed by atoms with van der Waals surface area (Å²) >= 11 is 5.43.